The molecule has 62 heavy (non-hydrogen) atoms. The molecule has 1 aliphatic heterocycles. The molecule has 3 aromatic carbocycles. The van der Waals surface area contributed by atoms with Gasteiger partial charge in [0.05, 0.1) is 13.0 Å². The largest absolute Gasteiger partial charge is 0.463 e. The van der Waals surface area contributed by atoms with Crippen molar-refractivity contribution in [2.75, 3.05) is 13.2 Å². The third kappa shape index (κ3) is 16.3. The third-order valence-corrected chi connectivity index (χ3v) is 8.76. The van der Waals surface area contributed by atoms with Gasteiger partial charge in [-0.2, -0.15) is 0 Å². The molecule has 1 fully saturated rings. The van der Waals surface area contributed by atoms with Crippen molar-refractivity contribution < 1.29 is 76.3 Å². The van der Waals surface area contributed by atoms with Crippen molar-refractivity contribution >= 4 is 47.8 Å². The fourth-order valence-electron chi connectivity index (χ4n) is 5.97. The van der Waals surface area contributed by atoms with E-state index in [2.05, 4.69) is 16.0 Å². The lowest BCUT2D eigenvalue weighted by Gasteiger charge is -2.45. The number of benzene rings is 3. The van der Waals surface area contributed by atoms with Gasteiger partial charge >= 0.3 is 35.9 Å². The van der Waals surface area contributed by atoms with Gasteiger partial charge in [0, 0.05) is 27.7 Å². The maximum atomic E-state index is 14.1. The van der Waals surface area contributed by atoms with Gasteiger partial charge in [-0.05, 0) is 16.7 Å². The first kappa shape index (κ1) is 47.8. The first-order valence-corrected chi connectivity index (χ1v) is 19.4. The van der Waals surface area contributed by atoms with E-state index in [1.54, 1.807) is 91.0 Å². The molecule has 19 heteroatoms. The first-order chi connectivity index (χ1) is 29.7. The zero-order valence-corrected chi connectivity index (χ0v) is 34.5. The van der Waals surface area contributed by atoms with Crippen LogP contribution < -0.4 is 16.0 Å². The zero-order chi connectivity index (χ0) is 45.0. The van der Waals surface area contributed by atoms with Gasteiger partial charge in [0.15, 0.2) is 18.5 Å². The van der Waals surface area contributed by atoms with Gasteiger partial charge in [0.2, 0.25) is 11.8 Å². The summed E-state index contributed by atoms with van der Waals surface area (Å²) in [6.45, 7) is 2.50. The third-order valence-electron chi connectivity index (χ3n) is 8.76. The van der Waals surface area contributed by atoms with E-state index in [1.807, 2.05) is 0 Å². The van der Waals surface area contributed by atoms with E-state index in [0.717, 1.165) is 27.7 Å². The van der Waals surface area contributed by atoms with Crippen molar-refractivity contribution in [3.05, 3.63) is 108 Å². The number of rotatable bonds is 20. The molecule has 3 amide bonds. The summed E-state index contributed by atoms with van der Waals surface area (Å²) in [5.41, 5.74) is 1.89. The highest BCUT2D eigenvalue weighted by Crippen LogP contribution is 2.28. The number of hydrogen-bond acceptors (Lipinski definition) is 16. The summed E-state index contributed by atoms with van der Waals surface area (Å²) in [7, 11) is 0. The highest BCUT2D eigenvalue weighted by molar-refractivity contribution is 5.91. The average molecular weight is 864 g/mol. The molecule has 0 aliphatic carbocycles. The maximum absolute atomic E-state index is 14.1. The van der Waals surface area contributed by atoms with Crippen LogP contribution in [0.25, 0.3) is 0 Å². The molecule has 19 nitrogen and oxygen atoms in total. The predicted octanol–water partition coefficient (Wildman–Crippen LogP) is 2.32. The molecule has 1 heterocycles. The van der Waals surface area contributed by atoms with Gasteiger partial charge < -0.3 is 53.8 Å². The van der Waals surface area contributed by atoms with Gasteiger partial charge in [-0.3, -0.25) is 28.8 Å². The fourth-order valence-corrected chi connectivity index (χ4v) is 5.97. The van der Waals surface area contributed by atoms with Crippen LogP contribution in [-0.2, 0) is 91.3 Å². The normalized spacial score (nSPS) is 18.9. The Labute approximate surface area is 357 Å². The Kier molecular flexibility index (Phi) is 18.8. The van der Waals surface area contributed by atoms with Crippen LogP contribution in [0.5, 0.6) is 0 Å². The quantitative estimate of drug-likeness (QED) is 0.109. The van der Waals surface area contributed by atoms with Crippen LogP contribution in [-0.4, -0.2) is 104 Å². The smallest absolute Gasteiger partial charge is 0.408 e. The summed E-state index contributed by atoms with van der Waals surface area (Å²) in [6, 6.07) is 21.2. The Morgan fingerprint density at radius 3 is 1.63 bits per heavy atom. The molecule has 0 saturated carbocycles. The average Bonchev–Trinajstić information content (AvgIpc) is 3.24. The number of hydrogen-bond donors (Lipinski definition) is 3. The van der Waals surface area contributed by atoms with E-state index in [-0.39, 0.29) is 19.8 Å². The van der Waals surface area contributed by atoms with Crippen molar-refractivity contribution in [3.8, 4) is 0 Å². The molecule has 3 aromatic rings. The number of esters is 5. The van der Waals surface area contributed by atoms with E-state index in [4.69, 9.17) is 37.9 Å². The minimum absolute atomic E-state index is 0.132. The van der Waals surface area contributed by atoms with E-state index in [0.29, 0.717) is 16.7 Å². The fraction of sp³-hybridized carbons (Fsp3) is 0.395. The Hall–Kier alpha value is -6.86. The van der Waals surface area contributed by atoms with Gasteiger partial charge in [-0.1, -0.05) is 91.0 Å². The lowest BCUT2D eigenvalue weighted by atomic mass is 9.96. The first-order valence-electron chi connectivity index (χ1n) is 19.4. The lowest BCUT2D eigenvalue weighted by molar-refractivity contribution is -0.278. The van der Waals surface area contributed by atoms with Crippen LogP contribution in [0, 0.1) is 0 Å². The standard InChI is InChI=1S/C43H49N3O16/c1-26(47)44-37-39(61-29(4)50)38(60-28(3)49)35(25-55-27(2)48)62-42(37)58-24-34(46-43(54)59-23-32-18-12-7-13-19-32)40(52)45-33(41(53)57-22-31-16-10-6-11-17-31)20-36(51)56-21-30-14-8-5-9-15-30/h5-19,33-35,37-39,42H,20-25H2,1-4H3,(H,44,47)(H,45,52)(H,46,54). The van der Waals surface area contributed by atoms with Crippen molar-refractivity contribution in [3.63, 3.8) is 0 Å². The Morgan fingerprint density at radius 1 is 0.597 bits per heavy atom. The minimum atomic E-state index is -1.73. The summed E-state index contributed by atoms with van der Waals surface area (Å²) in [4.78, 5) is 103. The monoisotopic (exact) mass is 863 g/mol. The molecule has 7 atom stereocenters. The second-order valence-electron chi connectivity index (χ2n) is 13.8. The molecule has 1 aliphatic rings. The van der Waals surface area contributed by atoms with Crippen molar-refractivity contribution in [1.82, 2.24) is 16.0 Å². The molecule has 4 rings (SSSR count). The number of carbonyl (C=O) groups excluding carboxylic acids is 8. The van der Waals surface area contributed by atoms with E-state index in [9.17, 15) is 38.4 Å². The van der Waals surface area contributed by atoms with Crippen molar-refractivity contribution in [2.24, 2.45) is 0 Å². The summed E-state index contributed by atoms with van der Waals surface area (Å²) in [6.07, 6.45) is -7.74. The molecule has 7 unspecified atom stereocenters. The highest BCUT2D eigenvalue weighted by atomic mass is 16.7. The number of amides is 3. The molecular weight excluding hydrogens is 814 g/mol. The van der Waals surface area contributed by atoms with E-state index in [1.165, 1.54) is 0 Å². The molecule has 1 saturated heterocycles. The van der Waals surface area contributed by atoms with Gasteiger partial charge in [0.1, 0.15) is 50.7 Å². The summed E-state index contributed by atoms with van der Waals surface area (Å²) >= 11 is 0. The summed E-state index contributed by atoms with van der Waals surface area (Å²) in [5.74, 6) is -6.06. The molecule has 0 bridgehead atoms. The number of ether oxygens (including phenoxy) is 8. The van der Waals surface area contributed by atoms with Crippen LogP contribution in [0.1, 0.15) is 50.8 Å². The Balaban J connectivity index is 1.62. The topological polar surface area (TPSA) is 246 Å². The summed E-state index contributed by atoms with van der Waals surface area (Å²) < 4.78 is 44.3. The maximum Gasteiger partial charge on any atom is 0.408 e. The molecule has 0 spiro atoms. The van der Waals surface area contributed by atoms with Crippen LogP contribution in [0.2, 0.25) is 0 Å². The van der Waals surface area contributed by atoms with Crippen LogP contribution >= 0.6 is 0 Å². The molecule has 0 radical (unpaired) electrons. The number of nitrogens with one attached hydrogen (secondary N) is 3. The number of carbonyl (C=O) groups is 8. The number of alkyl carbamates (subject to hydrolysis) is 1. The van der Waals surface area contributed by atoms with Crippen molar-refractivity contribution in [2.45, 2.75) is 96.7 Å². The molecular formula is C43H49N3O16. The lowest BCUT2D eigenvalue weighted by Crippen LogP contribution is -2.67. The highest BCUT2D eigenvalue weighted by Gasteiger charge is 2.51. The van der Waals surface area contributed by atoms with Crippen LogP contribution in [0.3, 0.4) is 0 Å². The van der Waals surface area contributed by atoms with E-state index >= 15 is 0 Å². The Morgan fingerprint density at radius 2 is 1.11 bits per heavy atom. The molecule has 332 valence electrons. The molecule has 3 N–H and O–H groups in total. The van der Waals surface area contributed by atoms with Crippen molar-refractivity contribution in [1.29, 1.82) is 0 Å². The van der Waals surface area contributed by atoms with Gasteiger partial charge in [-0.25, -0.2) is 9.59 Å². The second-order valence-corrected chi connectivity index (χ2v) is 13.8. The predicted molar refractivity (Wildman–Crippen MR) is 213 cm³/mol. The Bertz CT molecular complexity index is 1980. The SMILES string of the molecule is CC(=O)NC1C(OCC(NC(=O)OCc2ccccc2)C(=O)NC(CC(=O)OCc2ccccc2)C(=O)OCc2ccccc2)OC(COC(C)=O)C(OC(C)=O)C1OC(C)=O. The summed E-state index contributed by atoms with van der Waals surface area (Å²) in [5, 5.41) is 7.36. The van der Waals surface area contributed by atoms with E-state index < -0.39 is 110 Å². The molecule has 0 aromatic heterocycles. The van der Waals surface area contributed by atoms with Gasteiger partial charge in [-0.15, -0.1) is 0 Å². The zero-order valence-electron chi connectivity index (χ0n) is 34.5. The van der Waals surface area contributed by atoms with Gasteiger partial charge in [0.25, 0.3) is 0 Å². The second kappa shape index (κ2) is 24.4. The minimum Gasteiger partial charge on any atom is -0.463 e. The van der Waals surface area contributed by atoms with Crippen LogP contribution in [0.15, 0.2) is 91.0 Å². The van der Waals surface area contributed by atoms with Crippen LogP contribution in [0.4, 0.5) is 4.79 Å².